The summed E-state index contributed by atoms with van der Waals surface area (Å²) in [7, 11) is 0. The molecular formula is C25H28N2O3. The van der Waals surface area contributed by atoms with Crippen LogP contribution in [0.1, 0.15) is 60.0 Å². The number of nitrogens with one attached hydrogen (secondary N) is 1. The van der Waals surface area contributed by atoms with Crippen LogP contribution in [-0.4, -0.2) is 17.4 Å². The van der Waals surface area contributed by atoms with Gasteiger partial charge in [0, 0.05) is 24.2 Å². The van der Waals surface area contributed by atoms with Crippen molar-refractivity contribution in [2.45, 2.75) is 50.9 Å². The van der Waals surface area contributed by atoms with Crippen LogP contribution in [0.15, 0.2) is 48.5 Å². The van der Waals surface area contributed by atoms with E-state index in [0.717, 1.165) is 18.3 Å². The SMILES string of the molecule is Cc1ccc(C23C[C@@H]4C[C@H](CC(CNC(=O)c5cccc([N+](=O)[O-])c5)(C4)C2)C3)cc1. The second-order valence-electron chi connectivity index (χ2n) is 10.1. The van der Waals surface area contributed by atoms with E-state index in [1.165, 1.54) is 55.4 Å². The fourth-order valence-electron chi connectivity index (χ4n) is 7.03. The zero-order valence-electron chi connectivity index (χ0n) is 17.4. The van der Waals surface area contributed by atoms with E-state index >= 15 is 0 Å². The Bertz CT molecular complexity index is 984. The fraction of sp³-hybridized carbons (Fsp3) is 0.480. The van der Waals surface area contributed by atoms with E-state index in [0.29, 0.717) is 12.1 Å². The van der Waals surface area contributed by atoms with Crippen molar-refractivity contribution in [3.8, 4) is 0 Å². The summed E-state index contributed by atoms with van der Waals surface area (Å²) in [5.41, 5.74) is 3.47. The minimum atomic E-state index is -0.457. The van der Waals surface area contributed by atoms with Crippen molar-refractivity contribution in [3.05, 3.63) is 75.3 Å². The van der Waals surface area contributed by atoms with Gasteiger partial charge in [0.15, 0.2) is 0 Å². The van der Waals surface area contributed by atoms with E-state index in [-0.39, 0.29) is 22.4 Å². The molecule has 1 amide bonds. The Balaban J connectivity index is 1.36. The van der Waals surface area contributed by atoms with Gasteiger partial charge in [-0.25, -0.2) is 0 Å². The van der Waals surface area contributed by atoms with Crippen molar-refractivity contribution in [2.75, 3.05) is 6.54 Å². The van der Waals surface area contributed by atoms with E-state index < -0.39 is 4.92 Å². The lowest BCUT2D eigenvalue weighted by Gasteiger charge is -2.62. The number of carbonyl (C=O) groups excluding carboxylic acids is 1. The maximum absolute atomic E-state index is 12.8. The van der Waals surface area contributed by atoms with E-state index in [9.17, 15) is 14.9 Å². The van der Waals surface area contributed by atoms with Crippen LogP contribution < -0.4 is 5.32 Å². The second-order valence-corrected chi connectivity index (χ2v) is 10.1. The van der Waals surface area contributed by atoms with Crippen LogP contribution in [0, 0.1) is 34.3 Å². The summed E-state index contributed by atoms with van der Waals surface area (Å²) >= 11 is 0. The van der Waals surface area contributed by atoms with Gasteiger partial charge in [-0.3, -0.25) is 14.9 Å². The second kappa shape index (κ2) is 6.93. The number of nitro benzene ring substituents is 1. The molecule has 6 rings (SSSR count). The minimum absolute atomic E-state index is 0.0456. The summed E-state index contributed by atoms with van der Waals surface area (Å²) in [6.45, 7) is 2.80. The van der Waals surface area contributed by atoms with E-state index in [4.69, 9.17) is 0 Å². The largest absolute Gasteiger partial charge is 0.351 e. The van der Waals surface area contributed by atoms with Gasteiger partial charge >= 0.3 is 0 Å². The molecule has 0 unspecified atom stereocenters. The molecule has 2 aromatic rings. The third kappa shape index (κ3) is 3.30. The number of carbonyl (C=O) groups is 1. The Morgan fingerprint density at radius 1 is 1.10 bits per heavy atom. The van der Waals surface area contributed by atoms with E-state index in [1.807, 2.05) is 0 Å². The van der Waals surface area contributed by atoms with Gasteiger partial charge in [0.25, 0.3) is 11.6 Å². The first-order chi connectivity index (χ1) is 14.4. The van der Waals surface area contributed by atoms with Gasteiger partial charge in [0.05, 0.1) is 4.92 Å². The van der Waals surface area contributed by atoms with E-state index in [1.54, 1.807) is 12.1 Å². The van der Waals surface area contributed by atoms with Gasteiger partial charge in [-0.2, -0.15) is 0 Å². The highest BCUT2D eigenvalue weighted by Gasteiger charge is 2.58. The Kier molecular flexibility index (Phi) is 4.46. The lowest BCUT2D eigenvalue weighted by atomic mass is 9.43. The number of nitrogens with zero attached hydrogens (tertiary/aromatic N) is 1. The van der Waals surface area contributed by atoms with E-state index in [2.05, 4.69) is 36.5 Å². The summed E-state index contributed by atoms with van der Waals surface area (Å²) < 4.78 is 0. The molecule has 4 fully saturated rings. The van der Waals surface area contributed by atoms with Crippen LogP contribution in [0.25, 0.3) is 0 Å². The third-order valence-corrected chi connectivity index (χ3v) is 7.79. The fourth-order valence-corrected chi connectivity index (χ4v) is 7.03. The highest BCUT2D eigenvalue weighted by Crippen LogP contribution is 2.65. The molecule has 4 aliphatic rings. The number of non-ortho nitro benzene ring substituents is 1. The summed E-state index contributed by atoms with van der Waals surface area (Å²) in [6, 6.07) is 15.1. The average molecular weight is 405 g/mol. The Labute approximate surface area is 177 Å². The molecule has 0 aliphatic heterocycles. The highest BCUT2D eigenvalue weighted by atomic mass is 16.6. The molecule has 5 nitrogen and oxygen atoms in total. The van der Waals surface area contributed by atoms with Crippen molar-refractivity contribution < 1.29 is 9.72 Å². The number of hydrogen-bond donors (Lipinski definition) is 1. The molecule has 2 atom stereocenters. The monoisotopic (exact) mass is 404 g/mol. The standard InChI is InChI=1S/C25H28N2O3/c1-17-5-7-21(8-6-17)25-13-18-9-19(14-25)12-24(11-18,15-25)16-26-23(28)20-3-2-4-22(10-20)27(29)30/h2-8,10,18-19H,9,11-16H2,1H3,(H,26,28)/t18-,19-,24?,25?/m1/s1. The zero-order chi connectivity index (χ0) is 20.9. The molecular weight excluding hydrogens is 376 g/mol. The first-order valence-electron chi connectivity index (χ1n) is 11.0. The van der Waals surface area contributed by atoms with Gasteiger partial charge in [-0.1, -0.05) is 35.9 Å². The topological polar surface area (TPSA) is 72.2 Å². The lowest BCUT2D eigenvalue weighted by Crippen LogP contribution is -2.57. The first-order valence-corrected chi connectivity index (χ1v) is 11.0. The molecule has 156 valence electrons. The van der Waals surface area contributed by atoms with Crippen LogP contribution in [0.4, 0.5) is 5.69 Å². The average Bonchev–Trinajstić information content (AvgIpc) is 2.71. The van der Waals surface area contributed by atoms with Gasteiger partial charge in [0.1, 0.15) is 0 Å². The predicted octanol–water partition coefficient (Wildman–Crippen LogP) is 5.17. The molecule has 4 aliphatic carbocycles. The van der Waals surface area contributed by atoms with Gasteiger partial charge in [0.2, 0.25) is 0 Å². The van der Waals surface area contributed by atoms with Crippen LogP contribution >= 0.6 is 0 Å². The van der Waals surface area contributed by atoms with Gasteiger partial charge < -0.3 is 5.32 Å². The number of hydrogen-bond acceptors (Lipinski definition) is 3. The third-order valence-electron chi connectivity index (χ3n) is 7.79. The molecule has 0 heterocycles. The van der Waals surface area contributed by atoms with Crippen molar-refractivity contribution in [2.24, 2.45) is 17.3 Å². The molecule has 4 saturated carbocycles. The molecule has 1 N–H and O–H groups in total. The summed E-state index contributed by atoms with van der Waals surface area (Å²) in [5.74, 6) is 1.27. The van der Waals surface area contributed by atoms with Gasteiger partial charge in [-0.05, 0) is 79.7 Å². The molecule has 5 heteroatoms. The Hall–Kier alpha value is -2.69. The number of amides is 1. The quantitative estimate of drug-likeness (QED) is 0.552. The Morgan fingerprint density at radius 2 is 1.80 bits per heavy atom. The first kappa shape index (κ1) is 19.3. The molecule has 0 radical (unpaired) electrons. The minimum Gasteiger partial charge on any atom is -0.351 e. The number of aryl methyl sites for hydroxylation is 1. The maximum atomic E-state index is 12.8. The number of nitro groups is 1. The number of benzene rings is 2. The number of rotatable bonds is 5. The van der Waals surface area contributed by atoms with Crippen LogP contribution in [-0.2, 0) is 5.41 Å². The van der Waals surface area contributed by atoms with Crippen molar-refractivity contribution in [3.63, 3.8) is 0 Å². The van der Waals surface area contributed by atoms with Crippen molar-refractivity contribution >= 4 is 11.6 Å². The van der Waals surface area contributed by atoms with Crippen LogP contribution in [0.2, 0.25) is 0 Å². The molecule has 0 spiro atoms. The van der Waals surface area contributed by atoms with Crippen molar-refractivity contribution in [1.82, 2.24) is 5.32 Å². The smallest absolute Gasteiger partial charge is 0.270 e. The predicted molar refractivity (Wildman–Crippen MR) is 115 cm³/mol. The summed E-state index contributed by atoms with van der Waals surface area (Å²) in [6.07, 6.45) is 7.37. The molecule has 0 saturated heterocycles. The normalized spacial score (nSPS) is 31.5. The van der Waals surface area contributed by atoms with Gasteiger partial charge in [-0.15, -0.1) is 0 Å². The Morgan fingerprint density at radius 3 is 2.47 bits per heavy atom. The molecule has 30 heavy (non-hydrogen) atoms. The zero-order valence-corrected chi connectivity index (χ0v) is 17.4. The van der Waals surface area contributed by atoms with Crippen LogP contribution in [0.3, 0.4) is 0 Å². The molecule has 2 aromatic carbocycles. The maximum Gasteiger partial charge on any atom is 0.270 e. The molecule has 4 bridgehead atoms. The van der Waals surface area contributed by atoms with Crippen molar-refractivity contribution in [1.29, 1.82) is 0 Å². The highest BCUT2D eigenvalue weighted by molar-refractivity contribution is 5.94. The molecule has 0 aromatic heterocycles. The summed E-state index contributed by atoms with van der Waals surface area (Å²) in [5, 5.41) is 14.2. The van der Waals surface area contributed by atoms with Crippen LogP contribution in [0.5, 0.6) is 0 Å². The summed E-state index contributed by atoms with van der Waals surface area (Å²) in [4.78, 5) is 23.3. The lowest BCUT2D eigenvalue weighted by molar-refractivity contribution is -0.384.